The molecule has 5 heterocycles. The monoisotopic (exact) mass is 411 g/mol. The minimum absolute atomic E-state index is 0.0693. The minimum atomic E-state index is -0.465. The standard InChI is InChI=1S/C22H29N5O3/c1-14-5-6-19(30-14)20-16-9-23-25-22(16)24-17-12-27(13-18(29)21(17)20)11-15(28)10-26-7-3-2-4-8-26/h5-6,9,15,20,28H,2-4,7-8,10-13H2,1H3,(H2,23,24,25). The molecule has 2 aromatic heterocycles. The first-order chi connectivity index (χ1) is 14.6. The SMILES string of the molecule is Cc1ccc(C2C3=C(CN(CC(O)CN4CCCCC4)CC3=O)Nc3[nH]ncc32)o1. The lowest BCUT2D eigenvalue weighted by Gasteiger charge is -2.37. The molecule has 1 saturated heterocycles. The molecule has 0 bridgehead atoms. The topological polar surface area (TPSA) is 97.6 Å². The number of carbonyl (C=O) groups is 1. The molecule has 0 amide bonds. The number of hydrogen-bond donors (Lipinski definition) is 3. The van der Waals surface area contributed by atoms with Crippen LogP contribution in [0.15, 0.2) is 34.0 Å². The highest BCUT2D eigenvalue weighted by molar-refractivity contribution is 6.02. The van der Waals surface area contributed by atoms with E-state index < -0.39 is 6.10 Å². The van der Waals surface area contributed by atoms with Crippen molar-refractivity contribution < 1.29 is 14.3 Å². The van der Waals surface area contributed by atoms with Gasteiger partial charge in [-0.3, -0.25) is 14.8 Å². The third-order valence-corrected chi connectivity index (χ3v) is 6.35. The van der Waals surface area contributed by atoms with Crippen molar-refractivity contribution in [2.75, 3.05) is 44.6 Å². The second kappa shape index (κ2) is 8.02. The number of Topliss-reactive ketones (excluding diaryl/α,β-unsaturated/α-hetero) is 1. The molecule has 2 aromatic rings. The van der Waals surface area contributed by atoms with Crippen molar-refractivity contribution in [1.82, 2.24) is 20.0 Å². The Balaban J connectivity index is 1.35. The van der Waals surface area contributed by atoms with Gasteiger partial charge in [-0.1, -0.05) is 6.42 Å². The van der Waals surface area contributed by atoms with Crippen molar-refractivity contribution in [1.29, 1.82) is 0 Å². The molecule has 0 saturated carbocycles. The lowest BCUT2D eigenvalue weighted by atomic mass is 9.82. The lowest BCUT2D eigenvalue weighted by Crippen LogP contribution is -2.48. The molecule has 8 nitrogen and oxygen atoms in total. The summed E-state index contributed by atoms with van der Waals surface area (Å²) in [5.41, 5.74) is 2.54. The molecule has 1 fully saturated rings. The van der Waals surface area contributed by atoms with Crippen molar-refractivity contribution in [2.24, 2.45) is 0 Å². The summed E-state index contributed by atoms with van der Waals surface area (Å²) in [6.07, 6.45) is 4.98. The number of likely N-dealkylation sites (tertiary alicyclic amines) is 1. The summed E-state index contributed by atoms with van der Waals surface area (Å²) in [5.74, 6) is 2.20. The highest BCUT2D eigenvalue weighted by atomic mass is 16.3. The highest BCUT2D eigenvalue weighted by Crippen LogP contribution is 2.43. The van der Waals surface area contributed by atoms with Crippen LogP contribution in [0.1, 0.15) is 42.3 Å². The maximum absolute atomic E-state index is 13.2. The van der Waals surface area contributed by atoms with E-state index in [0.29, 0.717) is 26.2 Å². The van der Waals surface area contributed by atoms with E-state index in [1.165, 1.54) is 19.3 Å². The van der Waals surface area contributed by atoms with Crippen LogP contribution in [0.2, 0.25) is 0 Å². The number of furan rings is 1. The number of hydrogen-bond acceptors (Lipinski definition) is 7. The molecular formula is C22H29N5O3. The van der Waals surface area contributed by atoms with Crippen LogP contribution in [-0.4, -0.2) is 76.3 Å². The minimum Gasteiger partial charge on any atom is -0.465 e. The summed E-state index contributed by atoms with van der Waals surface area (Å²) < 4.78 is 5.91. The Kier molecular flexibility index (Phi) is 5.22. The van der Waals surface area contributed by atoms with Crippen LogP contribution >= 0.6 is 0 Å². The summed E-state index contributed by atoms with van der Waals surface area (Å²) in [4.78, 5) is 17.6. The molecule has 0 radical (unpaired) electrons. The van der Waals surface area contributed by atoms with Gasteiger partial charge in [0.15, 0.2) is 5.78 Å². The highest BCUT2D eigenvalue weighted by Gasteiger charge is 2.39. The second-order valence-corrected chi connectivity index (χ2v) is 8.71. The van der Waals surface area contributed by atoms with Gasteiger partial charge in [0, 0.05) is 36.5 Å². The van der Waals surface area contributed by atoms with E-state index in [1.54, 1.807) is 6.20 Å². The Bertz CT molecular complexity index is 956. The van der Waals surface area contributed by atoms with Gasteiger partial charge in [0.25, 0.3) is 0 Å². The molecule has 0 aromatic carbocycles. The number of rotatable bonds is 5. The van der Waals surface area contributed by atoms with Crippen molar-refractivity contribution in [3.8, 4) is 0 Å². The molecule has 3 aliphatic heterocycles. The van der Waals surface area contributed by atoms with Crippen LogP contribution in [0.4, 0.5) is 5.82 Å². The third kappa shape index (κ3) is 3.71. The number of β-amino-alcohol motifs (C(OH)–C–C–N with tert-alkyl or cyclic N) is 1. The molecular weight excluding hydrogens is 382 g/mol. The number of carbonyl (C=O) groups excluding carboxylic acids is 1. The van der Waals surface area contributed by atoms with E-state index >= 15 is 0 Å². The maximum atomic E-state index is 13.2. The normalized spacial score (nSPS) is 23.8. The van der Waals surface area contributed by atoms with E-state index in [2.05, 4.69) is 20.4 Å². The van der Waals surface area contributed by atoms with Gasteiger partial charge in [-0.2, -0.15) is 5.10 Å². The first kappa shape index (κ1) is 19.5. The number of piperidine rings is 1. The number of aliphatic hydroxyl groups excluding tert-OH is 1. The van der Waals surface area contributed by atoms with Gasteiger partial charge < -0.3 is 19.7 Å². The van der Waals surface area contributed by atoms with Crippen LogP contribution in [0.3, 0.4) is 0 Å². The molecule has 2 unspecified atom stereocenters. The van der Waals surface area contributed by atoms with Crippen molar-refractivity contribution >= 4 is 11.6 Å². The summed E-state index contributed by atoms with van der Waals surface area (Å²) in [7, 11) is 0. The van der Waals surface area contributed by atoms with Gasteiger partial charge >= 0.3 is 0 Å². The number of fused-ring (bicyclic) bond motifs is 1. The second-order valence-electron chi connectivity index (χ2n) is 8.71. The van der Waals surface area contributed by atoms with Gasteiger partial charge in [-0.25, -0.2) is 0 Å². The van der Waals surface area contributed by atoms with Crippen molar-refractivity contribution in [2.45, 2.75) is 38.2 Å². The summed E-state index contributed by atoms with van der Waals surface area (Å²) >= 11 is 0. The maximum Gasteiger partial charge on any atom is 0.175 e. The average Bonchev–Trinajstić information content (AvgIpc) is 3.35. The van der Waals surface area contributed by atoms with Gasteiger partial charge in [-0.05, 0) is 45.0 Å². The number of aromatic amines is 1. The van der Waals surface area contributed by atoms with E-state index in [9.17, 15) is 9.90 Å². The van der Waals surface area contributed by atoms with Gasteiger partial charge in [-0.15, -0.1) is 0 Å². The first-order valence-corrected chi connectivity index (χ1v) is 10.8. The molecule has 5 rings (SSSR count). The average molecular weight is 412 g/mol. The predicted molar refractivity (Wildman–Crippen MR) is 112 cm³/mol. The molecule has 30 heavy (non-hydrogen) atoms. The Hall–Kier alpha value is -2.42. The number of aromatic nitrogens is 2. The zero-order chi connectivity index (χ0) is 20.7. The smallest absolute Gasteiger partial charge is 0.175 e. The number of nitrogens with zero attached hydrogens (tertiary/aromatic N) is 3. The molecule has 0 spiro atoms. The zero-order valence-electron chi connectivity index (χ0n) is 17.4. The molecule has 0 aliphatic carbocycles. The van der Waals surface area contributed by atoms with Gasteiger partial charge in [0.05, 0.1) is 24.8 Å². The van der Waals surface area contributed by atoms with Crippen molar-refractivity contribution in [3.63, 3.8) is 0 Å². The lowest BCUT2D eigenvalue weighted by molar-refractivity contribution is -0.118. The fourth-order valence-corrected chi connectivity index (χ4v) is 5.01. The number of nitrogens with one attached hydrogen (secondary N) is 2. The van der Waals surface area contributed by atoms with E-state index in [-0.39, 0.29) is 11.7 Å². The van der Waals surface area contributed by atoms with E-state index in [4.69, 9.17) is 4.42 Å². The molecule has 8 heteroatoms. The Morgan fingerprint density at radius 1 is 1.20 bits per heavy atom. The third-order valence-electron chi connectivity index (χ3n) is 6.35. The van der Waals surface area contributed by atoms with E-state index in [0.717, 1.165) is 47.3 Å². The Labute approximate surface area is 175 Å². The summed E-state index contributed by atoms with van der Waals surface area (Å²) in [6.45, 7) is 6.07. The quantitative estimate of drug-likeness (QED) is 0.691. The molecule has 160 valence electrons. The predicted octanol–water partition coefficient (Wildman–Crippen LogP) is 1.85. The first-order valence-electron chi connectivity index (χ1n) is 10.8. The fourth-order valence-electron chi connectivity index (χ4n) is 5.01. The van der Waals surface area contributed by atoms with Crippen molar-refractivity contribution in [3.05, 3.63) is 46.7 Å². The Morgan fingerprint density at radius 2 is 2.00 bits per heavy atom. The van der Waals surface area contributed by atoms with E-state index in [1.807, 2.05) is 24.0 Å². The molecule has 2 atom stereocenters. The number of aryl methyl sites for hydroxylation is 1. The van der Waals surface area contributed by atoms with Crippen LogP contribution < -0.4 is 5.32 Å². The Morgan fingerprint density at radius 3 is 2.77 bits per heavy atom. The molecule has 3 aliphatic rings. The van der Waals surface area contributed by atoms with Crippen LogP contribution in [-0.2, 0) is 4.79 Å². The molecule has 3 N–H and O–H groups in total. The number of anilines is 1. The number of ketones is 1. The number of aliphatic hydroxyl groups is 1. The summed E-state index contributed by atoms with van der Waals surface area (Å²) in [5, 5.41) is 21.2. The zero-order valence-corrected chi connectivity index (χ0v) is 17.4. The van der Waals surface area contributed by atoms with Gasteiger partial charge in [0.1, 0.15) is 17.3 Å². The number of H-pyrrole nitrogens is 1. The van der Waals surface area contributed by atoms with Gasteiger partial charge in [0.2, 0.25) is 0 Å². The summed E-state index contributed by atoms with van der Waals surface area (Å²) in [6, 6.07) is 3.86. The van der Waals surface area contributed by atoms with Crippen LogP contribution in [0.5, 0.6) is 0 Å². The largest absolute Gasteiger partial charge is 0.465 e. The van der Waals surface area contributed by atoms with Crippen LogP contribution in [0.25, 0.3) is 0 Å². The van der Waals surface area contributed by atoms with Crippen LogP contribution in [0, 0.1) is 6.92 Å². The fraction of sp³-hybridized carbons (Fsp3) is 0.545.